The van der Waals surface area contributed by atoms with Crippen molar-refractivity contribution in [3.63, 3.8) is 0 Å². The molecule has 176 valence electrons. The second kappa shape index (κ2) is 10.3. The molecule has 0 saturated carbocycles. The van der Waals surface area contributed by atoms with Crippen LogP contribution < -0.4 is 21.6 Å². The molecule has 0 bridgehead atoms. The van der Waals surface area contributed by atoms with E-state index in [0.717, 1.165) is 0 Å². The lowest BCUT2D eigenvalue weighted by Gasteiger charge is -2.38. The Kier molecular flexibility index (Phi) is 7.65. The molecular weight excluding hydrogens is 436 g/mol. The number of halogens is 4. The summed E-state index contributed by atoms with van der Waals surface area (Å²) in [5.74, 6) is -1.08. The van der Waals surface area contributed by atoms with Crippen LogP contribution >= 0.6 is 0 Å². The number of amides is 1. The van der Waals surface area contributed by atoms with Crippen LogP contribution in [0.1, 0.15) is 24.3 Å². The van der Waals surface area contributed by atoms with Crippen molar-refractivity contribution in [2.75, 3.05) is 19.6 Å². The highest BCUT2D eigenvalue weighted by Crippen LogP contribution is 2.23. The van der Waals surface area contributed by atoms with Gasteiger partial charge in [0.2, 0.25) is 0 Å². The molecule has 2 aromatic rings. The number of benzene rings is 1. The second-order valence-corrected chi connectivity index (χ2v) is 7.91. The molecule has 1 aromatic carbocycles. The van der Waals surface area contributed by atoms with Gasteiger partial charge < -0.3 is 11.1 Å². The van der Waals surface area contributed by atoms with Crippen LogP contribution in [0.3, 0.4) is 0 Å². The zero-order valence-corrected chi connectivity index (χ0v) is 18.4. The number of nitrogens with one attached hydrogen (secondary N) is 1. The molecule has 2 atom stereocenters. The Labute approximate surface area is 189 Å². The summed E-state index contributed by atoms with van der Waals surface area (Å²) in [7, 11) is 0. The van der Waals surface area contributed by atoms with Gasteiger partial charge in [0.25, 0.3) is 5.91 Å². The number of hydrogen-bond donors (Lipinski definition) is 2. The van der Waals surface area contributed by atoms with Gasteiger partial charge in [-0.2, -0.15) is 13.2 Å². The minimum Gasteiger partial charge on any atom is -0.364 e. The lowest BCUT2D eigenvalue weighted by atomic mass is 10.0. The molecule has 1 amide bonds. The van der Waals surface area contributed by atoms with Gasteiger partial charge in [-0.1, -0.05) is 36.4 Å². The van der Waals surface area contributed by atoms with E-state index < -0.39 is 23.9 Å². The van der Waals surface area contributed by atoms with Crippen molar-refractivity contribution in [1.82, 2.24) is 15.2 Å². The van der Waals surface area contributed by atoms with Gasteiger partial charge in [-0.15, -0.1) is 0 Å². The highest BCUT2D eigenvalue weighted by molar-refractivity contribution is 5.92. The molecule has 1 aliphatic heterocycles. The molecule has 1 aromatic heterocycles. The van der Waals surface area contributed by atoms with E-state index in [9.17, 15) is 22.4 Å². The van der Waals surface area contributed by atoms with Gasteiger partial charge in [-0.05, 0) is 43.2 Å². The molecule has 0 aliphatic carbocycles. The van der Waals surface area contributed by atoms with Crippen molar-refractivity contribution in [2.45, 2.75) is 32.1 Å². The maximum absolute atomic E-state index is 13.4. The zero-order valence-electron chi connectivity index (χ0n) is 18.4. The number of hydrogen-bond acceptors (Lipinski definition) is 4. The maximum Gasteiger partial charge on any atom is 0.405 e. The summed E-state index contributed by atoms with van der Waals surface area (Å²) < 4.78 is 52.6. The van der Waals surface area contributed by atoms with Crippen LogP contribution in [-0.4, -0.2) is 53.7 Å². The number of pyridine rings is 1. The summed E-state index contributed by atoms with van der Waals surface area (Å²) in [6.07, 6.45) is 2.74. The lowest BCUT2D eigenvalue weighted by molar-refractivity contribution is -0.166. The third-order valence-corrected chi connectivity index (χ3v) is 5.60. The number of aromatic nitrogens is 1. The first-order valence-corrected chi connectivity index (χ1v) is 10.5. The Balaban J connectivity index is 1.94. The molecule has 3 N–H and O–H groups in total. The normalized spacial score (nSPS) is 21.2. The number of nitrogens with zero attached hydrogens (tertiary/aromatic N) is 2. The first kappa shape index (κ1) is 24.6. The monoisotopic (exact) mass is 462 g/mol. The maximum atomic E-state index is 13.4. The predicted octanol–water partition coefficient (Wildman–Crippen LogP) is 2.35. The lowest BCUT2D eigenvalue weighted by Crippen LogP contribution is -2.60. The average molecular weight is 462 g/mol. The smallest absolute Gasteiger partial charge is 0.364 e. The Hall–Kier alpha value is -3.04. The van der Waals surface area contributed by atoms with Crippen LogP contribution in [0.4, 0.5) is 17.6 Å². The fourth-order valence-electron chi connectivity index (χ4n) is 3.72. The second-order valence-electron chi connectivity index (χ2n) is 7.91. The fourth-order valence-corrected chi connectivity index (χ4v) is 3.72. The highest BCUT2D eigenvalue weighted by atomic mass is 19.4. The van der Waals surface area contributed by atoms with Crippen molar-refractivity contribution in [2.24, 2.45) is 5.73 Å². The Morgan fingerprint density at radius 3 is 2.61 bits per heavy atom. The summed E-state index contributed by atoms with van der Waals surface area (Å²) in [5.41, 5.74) is 6.82. The van der Waals surface area contributed by atoms with Crippen LogP contribution in [0.25, 0.3) is 23.3 Å². The van der Waals surface area contributed by atoms with Crippen LogP contribution in [0.2, 0.25) is 0 Å². The quantitative estimate of drug-likeness (QED) is 0.670. The van der Waals surface area contributed by atoms with Crippen molar-refractivity contribution in [1.29, 1.82) is 0 Å². The molecule has 0 radical (unpaired) electrons. The standard InChI is InChI=1S/C24H26F4N4O/c1-3-20-18(6-4-5-11-32-14-22(24(26,27)28)30-13-15(32)2)19(12-21(31-20)23(29)33)16-7-9-17(25)10-8-16/h3-10,12,15,22,30H,11,13-14H2,1-2H3,(H2,29,33)/b5-4+,18-6-,20-3+/t15-,22?/m1/s1. The van der Waals surface area contributed by atoms with E-state index in [1.165, 1.54) is 12.1 Å². The van der Waals surface area contributed by atoms with E-state index in [1.807, 2.05) is 6.92 Å². The molecule has 1 aliphatic rings. The molecule has 5 nitrogen and oxygen atoms in total. The molecule has 1 fully saturated rings. The number of carbonyl (C=O) groups is 1. The van der Waals surface area contributed by atoms with Crippen molar-refractivity contribution >= 4 is 18.1 Å². The Morgan fingerprint density at radius 2 is 2.00 bits per heavy atom. The van der Waals surface area contributed by atoms with Gasteiger partial charge in [-0.3, -0.25) is 9.69 Å². The van der Waals surface area contributed by atoms with E-state index in [0.29, 0.717) is 28.2 Å². The van der Waals surface area contributed by atoms with Crippen LogP contribution in [-0.2, 0) is 0 Å². The van der Waals surface area contributed by atoms with E-state index in [4.69, 9.17) is 5.73 Å². The Morgan fingerprint density at radius 1 is 1.30 bits per heavy atom. The molecule has 3 rings (SSSR count). The van der Waals surface area contributed by atoms with Gasteiger partial charge in [-0.25, -0.2) is 9.37 Å². The minimum absolute atomic E-state index is 0.0425. The van der Waals surface area contributed by atoms with Crippen LogP contribution in [0.15, 0.2) is 42.5 Å². The zero-order chi connectivity index (χ0) is 24.2. The molecule has 1 saturated heterocycles. The molecule has 9 heteroatoms. The van der Waals surface area contributed by atoms with Crippen molar-refractivity contribution < 1.29 is 22.4 Å². The van der Waals surface area contributed by atoms with E-state index in [1.54, 1.807) is 54.3 Å². The summed E-state index contributed by atoms with van der Waals surface area (Å²) >= 11 is 0. The van der Waals surface area contributed by atoms with Crippen molar-refractivity contribution in [3.05, 3.63) is 64.6 Å². The first-order chi connectivity index (χ1) is 15.6. The minimum atomic E-state index is -4.29. The highest BCUT2D eigenvalue weighted by Gasteiger charge is 2.43. The van der Waals surface area contributed by atoms with E-state index in [-0.39, 0.29) is 24.8 Å². The number of carbonyl (C=O) groups excluding carboxylic acids is 1. The first-order valence-electron chi connectivity index (χ1n) is 10.5. The average Bonchev–Trinajstić information content (AvgIpc) is 2.77. The predicted molar refractivity (Wildman–Crippen MR) is 120 cm³/mol. The summed E-state index contributed by atoms with van der Waals surface area (Å²) in [5, 5.41) is 3.74. The van der Waals surface area contributed by atoms with Gasteiger partial charge in [0.15, 0.2) is 0 Å². The van der Waals surface area contributed by atoms with Crippen LogP contribution in [0.5, 0.6) is 0 Å². The summed E-state index contributed by atoms with van der Waals surface area (Å²) in [6.45, 7) is 4.11. The molecule has 0 spiro atoms. The Bertz CT molecular complexity index is 1140. The molecule has 1 unspecified atom stereocenters. The fraction of sp³-hybridized carbons (Fsp3) is 0.333. The summed E-state index contributed by atoms with van der Waals surface area (Å²) in [4.78, 5) is 17.8. The SMILES string of the molecule is C/C=c1/nc(C(N)=O)cc(-c2ccc(F)cc2)/c1=C/C=C/CN1CC(C(F)(F)F)NC[C@H]1C. The van der Waals surface area contributed by atoms with E-state index >= 15 is 0 Å². The van der Waals surface area contributed by atoms with Gasteiger partial charge in [0.1, 0.15) is 17.6 Å². The van der Waals surface area contributed by atoms with Crippen molar-refractivity contribution in [3.8, 4) is 11.1 Å². The number of allylic oxidation sites excluding steroid dienone is 1. The number of nitrogens with two attached hydrogens (primary N) is 1. The third kappa shape index (κ3) is 6.06. The van der Waals surface area contributed by atoms with E-state index in [2.05, 4.69) is 10.3 Å². The molecular formula is C24H26F4N4O. The summed E-state index contributed by atoms with van der Waals surface area (Å²) in [6, 6.07) is 5.77. The van der Waals surface area contributed by atoms with Gasteiger partial charge in [0.05, 0.1) is 5.35 Å². The number of primary amides is 1. The largest absolute Gasteiger partial charge is 0.405 e. The topological polar surface area (TPSA) is 71.2 Å². The number of alkyl halides is 3. The third-order valence-electron chi connectivity index (χ3n) is 5.60. The molecule has 33 heavy (non-hydrogen) atoms. The van der Waals surface area contributed by atoms with Gasteiger partial charge >= 0.3 is 6.18 Å². The van der Waals surface area contributed by atoms with Crippen LogP contribution in [0, 0.1) is 5.82 Å². The molecule has 2 heterocycles. The number of rotatable bonds is 5. The van der Waals surface area contributed by atoms with Gasteiger partial charge in [0, 0.05) is 30.9 Å². The number of piperazine rings is 1.